The van der Waals surface area contributed by atoms with Gasteiger partial charge in [0.25, 0.3) is 0 Å². The minimum atomic E-state index is -1.22. The van der Waals surface area contributed by atoms with E-state index < -0.39 is 17.5 Å². The zero-order valence-electron chi connectivity index (χ0n) is 9.85. The molecule has 1 heterocycles. The molecule has 0 saturated carbocycles. The SMILES string of the molecule is Cc1nc(CNc2cc(F)c(F)cc2F)oc1C. The number of hydrogen-bond donors (Lipinski definition) is 1. The third kappa shape index (κ3) is 2.47. The van der Waals surface area contributed by atoms with Crippen molar-refractivity contribution in [1.29, 1.82) is 0 Å². The highest BCUT2D eigenvalue weighted by Gasteiger charge is 2.11. The van der Waals surface area contributed by atoms with E-state index in [2.05, 4.69) is 10.3 Å². The van der Waals surface area contributed by atoms with Gasteiger partial charge in [-0.25, -0.2) is 18.2 Å². The summed E-state index contributed by atoms with van der Waals surface area (Å²) in [5.74, 6) is -2.18. The molecule has 6 heteroatoms. The van der Waals surface area contributed by atoms with E-state index in [9.17, 15) is 13.2 Å². The molecule has 0 amide bonds. The van der Waals surface area contributed by atoms with Gasteiger partial charge in [0.1, 0.15) is 11.6 Å². The van der Waals surface area contributed by atoms with Crippen molar-refractivity contribution in [1.82, 2.24) is 4.98 Å². The van der Waals surface area contributed by atoms with E-state index in [1.165, 1.54) is 0 Å². The summed E-state index contributed by atoms with van der Waals surface area (Å²) in [6.45, 7) is 3.63. The van der Waals surface area contributed by atoms with Gasteiger partial charge in [-0.1, -0.05) is 0 Å². The first-order valence-electron chi connectivity index (χ1n) is 5.28. The fraction of sp³-hybridized carbons (Fsp3) is 0.250. The van der Waals surface area contributed by atoms with Crippen LogP contribution in [0, 0.1) is 31.3 Å². The smallest absolute Gasteiger partial charge is 0.213 e. The molecule has 0 spiro atoms. The minimum absolute atomic E-state index is 0.0939. The first-order valence-corrected chi connectivity index (χ1v) is 5.28. The van der Waals surface area contributed by atoms with Crippen molar-refractivity contribution in [2.24, 2.45) is 0 Å². The van der Waals surface area contributed by atoms with Crippen LogP contribution in [-0.4, -0.2) is 4.98 Å². The second-order valence-electron chi connectivity index (χ2n) is 3.85. The van der Waals surface area contributed by atoms with Crippen molar-refractivity contribution >= 4 is 5.69 Å². The van der Waals surface area contributed by atoms with Crippen molar-refractivity contribution in [3.05, 3.63) is 46.9 Å². The highest BCUT2D eigenvalue weighted by Crippen LogP contribution is 2.19. The third-order valence-corrected chi connectivity index (χ3v) is 2.51. The molecule has 3 nitrogen and oxygen atoms in total. The van der Waals surface area contributed by atoms with Crippen molar-refractivity contribution in [2.75, 3.05) is 5.32 Å². The topological polar surface area (TPSA) is 38.1 Å². The van der Waals surface area contributed by atoms with Gasteiger partial charge in [0, 0.05) is 12.1 Å². The molecule has 2 rings (SSSR count). The van der Waals surface area contributed by atoms with Crippen LogP contribution in [0.2, 0.25) is 0 Å². The van der Waals surface area contributed by atoms with Crippen LogP contribution >= 0.6 is 0 Å². The first kappa shape index (κ1) is 12.5. The lowest BCUT2D eigenvalue weighted by molar-refractivity contribution is 0.476. The maximum atomic E-state index is 13.3. The van der Waals surface area contributed by atoms with Crippen molar-refractivity contribution < 1.29 is 17.6 Å². The van der Waals surface area contributed by atoms with Gasteiger partial charge < -0.3 is 9.73 Å². The molecule has 18 heavy (non-hydrogen) atoms. The van der Waals surface area contributed by atoms with E-state index in [-0.39, 0.29) is 12.2 Å². The van der Waals surface area contributed by atoms with Crippen molar-refractivity contribution in [2.45, 2.75) is 20.4 Å². The quantitative estimate of drug-likeness (QED) is 0.856. The number of halogens is 3. The Labute approximate surface area is 102 Å². The Bertz CT molecular complexity index is 561. The number of anilines is 1. The molecule has 0 atom stereocenters. The summed E-state index contributed by atoms with van der Waals surface area (Å²) in [6, 6.07) is 1.25. The molecule has 0 saturated heterocycles. The molecular formula is C12H11F3N2O. The predicted octanol–water partition coefficient (Wildman–Crippen LogP) is 3.32. The van der Waals surface area contributed by atoms with Crippen LogP contribution < -0.4 is 5.32 Å². The van der Waals surface area contributed by atoms with Crippen molar-refractivity contribution in [3.63, 3.8) is 0 Å². The van der Waals surface area contributed by atoms with Crippen LogP contribution in [-0.2, 0) is 6.54 Å². The Morgan fingerprint density at radius 1 is 1.11 bits per heavy atom. The molecule has 0 aliphatic rings. The summed E-state index contributed by atoms with van der Waals surface area (Å²) in [6.07, 6.45) is 0. The van der Waals surface area contributed by atoms with Gasteiger partial charge in [0.15, 0.2) is 11.6 Å². The fourth-order valence-corrected chi connectivity index (χ4v) is 1.44. The second-order valence-corrected chi connectivity index (χ2v) is 3.85. The number of oxazole rings is 1. The van der Waals surface area contributed by atoms with E-state index in [1.54, 1.807) is 13.8 Å². The summed E-state index contributed by atoms with van der Waals surface area (Å²) in [5.41, 5.74) is 0.597. The lowest BCUT2D eigenvalue weighted by Gasteiger charge is -2.05. The van der Waals surface area contributed by atoms with Crippen LogP contribution in [0.3, 0.4) is 0 Å². The normalized spacial score (nSPS) is 10.7. The second kappa shape index (κ2) is 4.72. The van der Waals surface area contributed by atoms with Gasteiger partial charge in [-0.3, -0.25) is 0 Å². The molecule has 1 N–H and O–H groups in total. The summed E-state index contributed by atoms with van der Waals surface area (Å²) in [4.78, 5) is 4.08. The lowest BCUT2D eigenvalue weighted by atomic mass is 10.3. The maximum Gasteiger partial charge on any atom is 0.213 e. The average molecular weight is 256 g/mol. The lowest BCUT2D eigenvalue weighted by Crippen LogP contribution is -2.03. The molecule has 0 fully saturated rings. The fourth-order valence-electron chi connectivity index (χ4n) is 1.44. The van der Waals surface area contributed by atoms with E-state index >= 15 is 0 Å². The molecule has 96 valence electrons. The Kier molecular flexibility index (Phi) is 3.27. The van der Waals surface area contributed by atoms with Crippen LogP contribution in [0.25, 0.3) is 0 Å². The summed E-state index contributed by atoms with van der Waals surface area (Å²) in [7, 11) is 0. The van der Waals surface area contributed by atoms with Crippen LogP contribution in [0.15, 0.2) is 16.5 Å². The molecule has 0 radical (unpaired) electrons. The Hall–Kier alpha value is -1.98. The van der Waals surface area contributed by atoms with Crippen LogP contribution in [0.4, 0.5) is 18.9 Å². The summed E-state index contributed by atoms with van der Waals surface area (Å²) >= 11 is 0. The molecular weight excluding hydrogens is 245 g/mol. The average Bonchev–Trinajstić information content (AvgIpc) is 2.62. The highest BCUT2D eigenvalue weighted by molar-refractivity contribution is 5.45. The maximum absolute atomic E-state index is 13.3. The zero-order valence-corrected chi connectivity index (χ0v) is 9.85. The van der Waals surface area contributed by atoms with Gasteiger partial charge in [0.2, 0.25) is 5.89 Å². The molecule has 2 aromatic rings. The molecule has 1 aromatic carbocycles. The van der Waals surface area contributed by atoms with Crippen LogP contribution in [0.1, 0.15) is 17.3 Å². The molecule has 0 aliphatic carbocycles. The number of nitrogens with one attached hydrogen (secondary N) is 1. The van der Waals surface area contributed by atoms with E-state index in [1.807, 2.05) is 0 Å². The van der Waals surface area contributed by atoms with Gasteiger partial charge in [-0.15, -0.1) is 0 Å². The number of aryl methyl sites for hydroxylation is 2. The number of rotatable bonds is 3. The van der Waals surface area contributed by atoms with Gasteiger partial charge in [-0.2, -0.15) is 0 Å². The number of aromatic nitrogens is 1. The van der Waals surface area contributed by atoms with Crippen molar-refractivity contribution in [3.8, 4) is 0 Å². The largest absolute Gasteiger partial charge is 0.444 e. The monoisotopic (exact) mass is 256 g/mol. The Balaban J connectivity index is 2.13. The van der Waals surface area contributed by atoms with Gasteiger partial charge in [-0.05, 0) is 13.8 Å². The third-order valence-electron chi connectivity index (χ3n) is 2.51. The zero-order chi connectivity index (χ0) is 13.3. The van der Waals surface area contributed by atoms with E-state index in [0.29, 0.717) is 17.7 Å². The van der Waals surface area contributed by atoms with E-state index in [0.717, 1.165) is 11.8 Å². The number of benzene rings is 1. The molecule has 1 aromatic heterocycles. The highest BCUT2D eigenvalue weighted by atomic mass is 19.2. The predicted molar refractivity (Wildman–Crippen MR) is 59.6 cm³/mol. The van der Waals surface area contributed by atoms with Crippen LogP contribution in [0.5, 0.6) is 0 Å². The van der Waals surface area contributed by atoms with E-state index in [4.69, 9.17) is 4.42 Å². The molecule has 0 bridgehead atoms. The Morgan fingerprint density at radius 2 is 1.78 bits per heavy atom. The molecule has 0 unspecified atom stereocenters. The standard InChI is InChI=1S/C12H11F3N2O/c1-6-7(2)18-12(17-6)5-16-11-4-9(14)8(13)3-10(11)15/h3-4,16H,5H2,1-2H3. The number of nitrogens with zero attached hydrogens (tertiary/aromatic N) is 1. The Morgan fingerprint density at radius 3 is 2.39 bits per heavy atom. The summed E-state index contributed by atoms with van der Waals surface area (Å²) < 4.78 is 44.2. The summed E-state index contributed by atoms with van der Waals surface area (Å²) in [5, 5.41) is 2.60. The van der Waals surface area contributed by atoms with Gasteiger partial charge >= 0.3 is 0 Å². The van der Waals surface area contributed by atoms with Gasteiger partial charge in [0.05, 0.1) is 17.9 Å². The minimum Gasteiger partial charge on any atom is -0.444 e. The number of hydrogen-bond acceptors (Lipinski definition) is 3. The first-order chi connectivity index (χ1) is 8.47. The molecule has 0 aliphatic heterocycles.